The molecule has 2 aromatic carbocycles. The van der Waals surface area contributed by atoms with E-state index in [9.17, 15) is 9.59 Å². The molecule has 0 saturated heterocycles. The summed E-state index contributed by atoms with van der Waals surface area (Å²) in [5.41, 5.74) is 3.22. The van der Waals surface area contributed by atoms with Gasteiger partial charge in [-0.2, -0.15) is 0 Å². The SMILES string of the molecule is Cc1cccc(CCC(=O)Nc2ccccc2C(=O)NCc2ccco2)c1. The Morgan fingerprint density at radius 3 is 2.63 bits per heavy atom. The predicted molar refractivity (Wildman–Crippen MR) is 104 cm³/mol. The van der Waals surface area contributed by atoms with Crippen molar-refractivity contribution in [2.24, 2.45) is 0 Å². The molecule has 0 aliphatic carbocycles. The maximum Gasteiger partial charge on any atom is 0.253 e. The van der Waals surface area contributed by atoms with Crippen molar-refractivity contribution in [3.8, 4) is 0 Å². The summed E-state index contributed by atoms with van der Waals surface area (Å²) in [6, 6.07) is 18.6. The summed E-state index contributed by atoms with van der Waals surface area (Å²) < 4.78 is 5.21. The van der Waals surface area contributed by atoms with Crippen LogP contribution in [0.25, 0.3) is 0 Å². The van der Waals surface area contributed by atoms with Gasteiger partial charge in [-0.1, -0.05) is 42.0 Å². The second-order valence-corrected chi connectivity index (χ2v) is 6.34. The van der Waals surface area contributed by atoms with Crippen molar-refractivity contribution in [1.29, 1.82) is 0 Å². The van der Waals surface area contributed by atoms with Crippen LogP contribution in [-0.4, -0.2) is 11.8 Å². The normalized spacial score (nSPS) is 10.4. The molecule has 0 aliphatic heterocycles. The molecule has 0 unspecified atom stereocenters. The fourth-order valence-corrected chi connectivity index (χ4v) is 2.80. The van der Waals surface area contributed by atoms with Crippen molar-refractivity contribution in [3.05, 3.63) is 89.4 Å². The lowest BCUT2D eigenvalue weighted by atomic mass is 10.1. The number of anilines is 1. The molecule has 1 heterocycles. The molecule has 5 nitrogen and oxygen atoms in total. The van der Waals surface area contributed by atoms with Crippen LogP contribution in [0.3, 0.4) is 0 Å². The lowest BCUT2D eigenvalue weighted by Gasteiger charge is -2.11. The van der Waals surface area contributed by atoms with Gasteiger partial charge in [0.15, 0.2) is 0 Å². The molecule has 27 heavy (non-hydrogen) atoms. The van der Waals surface area contributed by atoms with E-state index in [0.717, 1.165) is 5.56 Å². The third kappa shape index (κ3) is 5.31. The van der Waals surface area contributed by atoms with Crippen LogP contribution in [0.4, 0.5) is 5.69 Å². The minimum atomic E-state index is -0.263. The third-order valence-corrected chi connectivity index (χ3v) is 4.17. The largest absolute Gasteiger partial charge is 0.467 e. The molecule has 138 valence electrons. The van der Waals surface area contributed by atoms with Crippen LogP contribution >= 0.6 is 0 Å². The van der Waals surface area contributed by atoms with E-state index in [1.807, 2.05) is 25.1 Å². The van der Waals surface area contributed by atoms with E-state index in [1.54, 1.807) is 42.7 Å². The zero-order chi connectivity index (χ0) is 19.1. The van der Waals surface area contributed by atoms with Crippen LogP contribution in [0.2, 0.25) is 0 Å². The summed E-state index contributed by atoms with van der Waals surface area (Å²) in [6.07, 6.45) is 2.57. The minimum Gasteiger partial charge on any atom is -0.467 e. The van der Waals surface area contributed by atoms with Gasteiger partial charge in [-0.05, 0) is 43.2 Å². The van der Waals surface area contributed by atoms with Crippen LogP contribution in [0, 0.1) is 6.92 Å². The van der Waals surface area contributed by atoms with Gasteiger partial charge in [0.1, 0.15) is 5.76 Å². The quantitative estimate of drug-likeness (QED) is 0.665. The van der Waals surface area contributed by atoms with E-state index in [0.29, 0.717) is 36.4 Å². The molecule has 5 heteroatoms. The van der Waals surface area contributed by atoms with Gasteiger partial charge in [-0.25, -0.2) is 0 Å². The maximum atomic E-state index is 12.5. The zero-order valence-electron chi connectivity index (χ0n) is 15.2. The molecule has 0 atom stereocenters. The number of benzene rings is 2. The summed E-state index contributed by atoms with van der Waals surface area (Å²) in [4.78, 5) is 24.8. The van der Waals surface area contributed by atoms with E-state index in [1.165, 1.54) is 5.56 Å². The summed E-state index contributed by atoms with van der Waals surface area (Å²) in [5.74, 6) is 0.284. The molecule has 3 rings (SSSR count). The Bertz CT molecular complexity index is 917. The number of para-hydroxylation sites is 1. The summed E-state index contributed by atoms with van der Waals surface area (Å²) in [7, 11) is 0. The minimum absolute atomic E-state index is 0.122. The van der Waals surface area contributed by atoms with Crippen LogP contribution < -0.4 is 10.6 Å². The molecule has 0 spiro atoms. The van der Waals surface area contributed by atoms with Crippen LogP contribution in [0.5, 0.6) is 0 Å². The average Bonchev–Trinajstić information content (AvgIpc) is 3.19. The Balaban J connectivity index is 1.59. The molecule has 2 amide bonds. The van der Waals surface area contributed by atoms with E-state index < -0.39 is 0 Å². The molecular weight excluding hydrogens is 340 g/mol. The number of amides is 2. The van der Waals surface area contributed by atoms with Crippen molar-refractivity contribution >= 4 is 17.5 Å². The number of hydrogen-bond acceptors (Lipinski definition) is 3. The van der Waals surface area contributed by atoms with E-state index in [4.69, 9.17) is 4.42 Å². The number of hydrogen-bond donors (Lipinski definition) is 2. The summed E-state index contributed by atoms with van der Waals surface area (Å²) in [5, 5.41) is 5.64. The standard InChI is InChI=1S/C22H22N2O3/c1-16-6-4-7-17(14-16)11-12-21(25)24-20-10-3-2-9-19(20)22(26)23-15-18-8-5-13-27-18/h2-10,13-14H,11-12,15H2,1H3,(H,23,26)(H,24,25). The lowest BCUT2D eigenvalue weighted by molar-refractivity contribution is -0.116. The first kappa shape index (κ1) is 18.5. The molecule has 0 radical (unpaired) electrons. The van der Waals surface area contributed by atoms with Gasteiger partial charge in [-0.15, -0.1) is 0 Å². The molecule has 2 N–H and O–H groups in total. The third-order valence-electron chi connectivity index (χ3n) is 4.17. The highest BCUT2D eigenvalue weighted by molar-refractivity contribution is 6.03. The maximum absolute atomic E-state index is 12.5. The zero-order valence-corrected chi connectivity index (χ0v) is 15.2. The highest BCUT2D eigenvalue weighted by Gasteiger charge is 2.13. The molecule has 3 aromatic rings. The Kier molecular flexibility index (Phi) is 6.05. The van der Waals surface area contributed by atoms with Crippen LogP contribution in [-0.2, 0) is 17.8 Å². The van der Waals surface area contributed by atoms with Crippen molar-refractivity contribution in [2.45, 2.75) is 26.3 Å². The first-order valence-electron chi connectivity index (χ1n) is 8.87. The lowest BCUT2D eigenvalue weighted by Crippen LogP contribution is -2.24. The van der Waals surface area contributed by atoms with Crippen molar-refractivity contribution in [3.63, 3.8) is 0 Å². The fraction of sp³-hybridized carbons (Fsp3) is 0.182. The molecule has 0 saturated carbocycles. The van der Waals surface area contributed by atoms with Gasteiger partial charge in [-0.3, -0.25) is 9.59 Å². The van der Waals surface area contributed by atoms with E-state index >= 15 is 0 Å². The number of aryl methyl sites for hydroxylation is 2. The van der Waals surface area contributed by atoms with Gasteiger partial charge in [0, 0.05) is 6.42 Å². The Labute approximate surface area is 158 Å². The van der Waals surface area contributed by atoms with Gasteiger partial charge in [0.2, 0.25) is 5.91 Å². The smallest absolute Gasteiger partial charge is 0.253 e. The number of carbonyl (C=O) groups is 2. The van der Waals surface area contributed by atoms with Crippen molar-refractivity contribution in [1.82, 2.24) is 5.32 Å². The van der Waals surface area contributed by atoms with Crippen LogP contribution in [0.1, 0.15) is 33.7 Å². The molecular formula is C22H22N2O3. The predicted octanol–water partition coefficient (Wildman–Crippen LogP) is 4.09. The molecule has 1 aromatic heterocycles. The van der Waals surface area contributed by atoms with Gasteiger partial charge >= 0.3 is 0 Å². The Morgan fingerprint density at radius 2 is 1.85 bits per heavy atom. The number of rotatable bonds is 7. The van der Waals surface area contributed by atoms with Crippen molar-refractivity contribution < 1.29 is 14.0 Å². The van der Waals surface area contributed by atoms with Crippen LogP contribution in [0.15, 0.2) is 71.3 Å². The first-order valence-corrected chi connectivity index (χ1v) is 8.87. The van der Waals surface area contributed by atoms with Crippen molar-refractivity contribution in [2.75, 3.05) is 5.32 Å². The molecule has 0 bridgehead atoms. The highest BCUT2D eigenvalue weighted by atomic mass is 16.3. The fourth-order valence-electron chi connectivity index (χ4n) is 2.80. The van der Waals surface area contributed by atoms with E-state index in [2.05, 4.69) is 16.7 Å². The van der Waals surface area contributed by atoms with Gasteiger partial charge in [0.05, 0.1) is 24.1 Å². The second-order valence-electron chi connectivity index (χ2n) is 6.34. The topological polar surface area (TPSA) is 71.3 Å². The Hall–Kier alpha value is -3.34. The average molecular weight is 362 g/mol. The molecule has 0 fully saturated rings. The highest BCUT2D eigenvalue weighted by Crippen LogP contribution is 2.16. The number of furan rings is 1. The number of carbonyl (C=O) groups excluding carboxylic acids is 2. The second kappa shape index (κ2) is 8.85. The van der Waals surface area contributed by atoms with Gasteiger partial charge < -0.3 is 15.1 Å². The first-order chi connectivity index (χ1) is 13.1. The van der Waals surface area contributed by atoms with Gasteiger partial charge in [0.25, 0.3) is 5.91 Å². The molecule has 0 aliphatic rings. The van der Waals surface area contributed by atoms with E-state index in [-0.39, 0.29) is 11.8 Å². The summed E-state index contributed by atoms with van der Waals surface area (Å²) >= 11 is 0. The monoisotopic (exact) mass is 362 g/mol. The number of nitrogens with one attached hydrogen (secondary N) is 2. The Morgan fingerprint density at radius 1 is 1.00 bits per heavy atom. The summed E-state index contributed by atoms with van der Waals surface area (Å²) in [6.45, 7) is 2.32.